The Hall–Kier alpha value is -3.08. The van der Waals surface area contributed by atoms with E-state index in [-0.39, 0.29) is 12.5 Å². The highest BCUT2D eigenvalue weighted by Crippen LogP contribution is 2.44. The van der Waals surface area contributed by atoms with Crippen molar-refractivity contribution in [1.29, 1.82) is 0 Å². The first-order valence-electron chi connectivity index (χ1n) is 11.9. The number of rotatable bonds is 13. The van der Waals surface area contributed by atoms with Gasteiger partial charge in [-0.15, -0.1) is 6.58 Å². The Morgan fingerprint density at radius 1 is 0.970 bits per heavy atom. The standard InChI is InChI=1S/C28H35NO4/c1-3-4-5-6-7-8-9-14-19-28(2,26(30)31)29-27(32)33-20-25-23-17-12-10-15-21(23)22-16-11-13-18-24(22)25/h3,10-13,15-18,25H,1,4-9,14,19-20H2,2H3,(H,29,32)(H,30,31)/t28-/m1/s1. The first kappa shape index (κ1) is 24.6. The summed E-state index contributed by atoms with van der Waals surface area (Å²) in [4.78, 5) is 24.5. The van der Waals surface area contributed by atoms with Gasteiger partial charge in [-0.05, 0) is 48.4 Å². The largest absolute Gasteiger partial charge is 0.480 e. The molecule has 5 heteroatoms. The van der Waals surface area contributed by atoms with Gasteiger partial charge in [0.05, 0.1) is 0 Å². The molecule has 0 radical (unpaired) electrons. The van der Waals surface area contributed by atoms with E-state index < -0.39 is 17.6 Å². The number of nitrogens with one attached hydrogen (secondary N) is 1. The molecule has 0 bridgehead atoms. The van der Waals surface area contributed by atoms with Crippen LogP contribution >= 0.6 is 0 Å². The molecule has 2 N–H and O–H groups in total. The van der Waals surface area contributed by atoms with Crippen LogP contribution in [-0.4, -0.2) is 29.3 Å². The number of carbonyl (C=O) groups excluding carboxylic acids is 1. The lowest BCUT2D eigenvalue weighted by molar-refractivity contribution is -0.144. The molecule has 0 heterocycles. The zero-order chi connectivity index (χ0) is 23.7. The second kappa shape index (κ2) is 11.7. The average molecular weight is 450 g/mol. The van der Waals surface area contributed by atoms with E-state index in [1.54, 1.807) is 6.92 Å². The number of carboxylic acid groups (broad SMARTS) is 1. The quantitative estimate of drug-likeness (QED) is 0.264. The number of carbonyl (C=O) groups is 2. The number of alkyl carbamates (subject to hydrolysis) is 1. The summed E-state index contributed by atoms with van der Waals surface area (Å²) >= 11 is 0. The molecule has 2 aromatic rings. The maximum atomic E-state index is 12.6. The van der Waals surface area contributed by atoms with Crippen molar-refractivity contribution in [1.82, 2.24) is 5.32 Å². The lowest BCUT2D eigenvalue weighted by atomic mass is 9.94. The molecular formula is C28H35NO4. The van der Waals surface area contributed by atoms with Gasteiger partial charge in [0.25, 0.3) is 0 Å². The number of ether oxygens (including phenoxy) is 1. The van der Waals surface area contributed by atoms with Crippen molar-refractivity contribution in [3.05, 3.63) is 72.3 Å². The van der Waals surface area contributed by atoms with Crippen molar-refractivity contribution >= 4 is 12.1 Å². The van der Waals surface area contributed by atoms with Crippen molar-refractivity contribution in [2.24, 2.45) is 0 Å². The average Bonchev–Trinajstić information content (AvgIpc) is 3.13. The van der Waals surface area contributed by atoms with Gasteiger partial charge in [-0.1, -0.05) is 86.7 Å². The molecule has 0 fully saturated rings. The highest BCUT2D eigenvalue weighted by molar-refractivity contribution is 5.84. The number of amides is 1. The molecule has 176 valence electrons. The number of hydrogen-bond acceptors (Lipinski definition) is 3. The van der Waals surface area contributed by atoms with E-state index in [1.165, 1.54) is 6.42 Å². The van der Waals surface area contributed by atoms with E-state index in [9.17, 15) is 14.7 Å². The monoisotopic (exact) mass is 449 g/mol. The molecule has 3 rings (SSSR count). The van der Waals surface area contributed by atoms with E-state index in [4.69, 9.17) is 4.74 Å². The lowest BCUT2D eigenvalue weighted by Gasteiger charge is -2.26. The van der Waals surface area contributed by atoms with Crippen molar-refractivity contribution in [3.63, 3.8) is 0 Å². The molecule has 1 aliphatic carbocycles. The maximum absolute atomic E-state index is 12.6. The minimum atomic E-state index is -1.34. The van der Waals surface area contributed by atoms with Crippen LogP contribution in [0.1, 0.15) is 75.3 Å². The zero-order valence-corrected chi connectivity index (χ0v) is 19.5. The number of fused-ring (bicyclic) bond motifs is 3. The predicted molar refractivity (Wildman–Crippen MR) is 131 cm³/mol. The summed E-state index contributed by atoms with van der Waals surface area (Å²) in [6, 6.07) is 16.2. The number of unbranched alkanes of at least 4 members (excludes halogenated alkanes) is 6. The SMILES string of the molecule is C=CCCCCCCCC[C@@](C)(NC(=O)OCC1c2ccccc2-c2ccccc21)C(=O)O. The van der Waals surface area contributed by atoms with Gasteiger partial charge in [-0.25, -0.2) is 9.59 Å². The molecule has 0 unspecified atom stereocenters. The molecular weight excluding hydrogens is 414 g/mol. The van der Waals surface area contributed by atoms with Crippen LogP contribution in [0.15, 0.2) is 61.2 Å². The van der Waals surface area contributed by atoms with Gasteiger partial charge in [0.15, 0.2) is 0 Å². The molecule has 0 saturated carbocycles. The Balaban J connectivity index is 1.51. The number of aliphatic carboxylic acids is 1. The Morgan fingerprint density at radius 2 is 1.52 bits per heavy atom. The molecule has 1 aliphatic rings. The maximum Gasteiger partial charge on any atom is 0.408 e. The fourth-order valence-electron chi connectivity index (χ4n) is 4.56. The Kier molecular flexibility index (Phi) is 8.70. The predicted octanol–water partition coefficient (Wildman–Crippen LogP) is 6.68. The molecule has 0 spiro atoms. The third-order valence-electron chi connectivity index (χ3n) is 6.53. The van der Waals surface area contributed by atoms with Crippen LogP contribution in [-0.2, 0) is 9.53 Å². The van der Waals surface area contributed by atoms with E-state index >= 15 is 0 Å². The third-order valence-corrected chi connectivity index (χ3v) is 6.53. The van der Waals surface area contributed by atoms with Crippen LogP contribution < -0.4 is 5.32 Å². The van der Waals surface area contributed by atoms with Crippen LogP contribution in [0.2, 0.25) is 0 Å². The zero-order valence-electron chi connectivity index (χ0n) is 19.5. The second-order valence-electron chi connectivity index (χ2n) is 9.04. The summed E-state index contributed by atoms with van der Waals surface area (Å²) in [5.41, 5.74) is 3.22. The lowest BCUT2D eigenvalue weighted by Crippen LogP contribution is -2.52. The minimum Gasteiger partial charge on any atom is -0.480 e. The summed E-state index contributed by atoms with van der Waals surface area (Å²) in [7, 11) is 0. The summed E-state index contributed by atoms with van der Waals surface area (Å²) in [6.45, 7) is 5.45. The van der Waals surface area contributed by atoms with E-state index in [2.05, 4.69) is 36.2 Å². The highest BCUT2D eigenvalue weighted by Gasteiger charge is 2.35. The van der Waals surface area contributed by atoms with Gasteiger partial charge >= 0.3 is 12.1 Å². The summed E-state index contributed by atoms with van der Waals surface area (Å²) < 4.78 is 5.55. The van der Waals surface area contributed by atoms with Gasteiger partial charge in [0.1, 0.15) is 12.1 Å². The van der Waals surface area contributed by atoms with Crippen LogP contribution in [0.5, 0.6) is 0 Å². The highest BCUT2D eigenvalue weighted by atomic mass is 16.5. The molecule has 0 aliphatic heterocycles. The molecule has 5 nitrogen and oxygen atoms in total. The van der Waals surface area contributed by atoms with Gasteiger partial charge in [-0.3, -0.25) is 0 Å². The summed E-state index contributed by atoms with van der Waals surface area (Å²) in [5.74, 6) is -1.10. The van der Waals surface area contributed by atoms with Crippen molar-refractivity contribution in [3.8, 4) is 11.1 Å². The van der Waals surface area contributed by atoms with Gasteiger partial charge < -0.3 is 15.2 Å². The second-order valence-corrected chi connectivity index (χ2v) is 9.04. The molecule has 2 aromatic carbocycles. The first-order valence-corrected chi connectivity index (χ1v) is 11.9. The first-order chi connectivity index (χ1) is 16.0. The Morgan fingerprint density at radius 3 is 2.09 bits per heavy atom. The summed E-state index contributed by atoms with van der Waals surface area (Å²) in [5, 5.41) is 12.4. The van der Waals surface area contributed by atoms with Gasteiger partial charge in [0.2, 0.25) is 0 Å². The van der Waals surface area contributed by atoms with Crippen molar-refractivity contribution in [2.75, 3.05) is 6.61 Å². The molecule has 1 atom stereocenters. The van der Waals surface area contributed by atoms with Crippen LogP contribution in [0.25, 0.3) is 11.1 Å². The van der Waals surface area contributed by atoms with Crippen LogP contribution in [0.3, 0.4) is 0 Å². The number of allylic oxidation sites excluding steroid dienone is 1. The molecule has 0 aromatic heterocycles. The fraction of sp³-hybridized carbons (Fsp3) is 0.429. The number of carboxylic acids is 1. The molecule has 0 saturated heterocycles. The number of benzene rings is 2. The topological polar surface area (TPSA) is 75.6 Å². The smallest absolute Gasteiger partial charge is 0.408 e. The third kappa shape index (κ3) is 6.25. The Bertz CT molecular complexity index is 924. The van der Waals surface area contributed by atoms with Crippen LogP contribution in [0.4, 0.5) is 4.79 Å². The minimum absolute atomic E-state index is 0.0553. The number of hydrogen-bond donors (Lipinski definition) is 2. The van der Waals surface area contributed by atoms with Crippen LogP contribution in [0, 0.1) is 0 Å². The normalized spacial score (nSPS) is 14.1. The molecule has 33 heavy (non-hydrogen) atoms. The van der Waals surface area contributed by atoms with Gasteiger partial charge in [0, 0.05) is 5.92 Å². The van der Waals surface area contributed by atoms with Crippen molar-refractivity contribution in [2.45, 2.75) is 69.7 Å². The van der Waals surface area contributed by atoms with E-state index in [1.807, 2.05) is 30.3 Å². The van der Waals surface area contributed by atoms with Crippen molar-refractivity contribution < 1.29 is 19.4 Å². The summed E-state index contributed by atoms with van der Waals surface area (Å²) in [6.07, 6.45) is 8.88. The van der Waals surface area contributed by atoms with E-state index in [0.29, 0.717) is 6.42 Å². The fourth-order valence-corrected chi connectivity index (χ4v) is 4.56. The Labute approximate surface area is 196 Å². The van der Waals surface area contributed by atoms with Gasteiger partial charge in [-0.2, -0.15) is 0 Å². The molecule has 1 amide bonds. The van der Waals surface area contributed by atoms with E-state index in [0.717, 1.165) is 60.8 Å².